The molecule has 0 atom stereocenters. The largest absolute Gasteiger partial charge is 0.366 e. The van der Waals surface area contributed by atoms with Crippen molar-refractivity contribution in [2.75, 3.05) is 0 Å². The van der Waals surface area contributed by atoms with Gasteiger partial charge >= 0.3 is 0 Å². The molecule has 0 radical (unpaired) electrons. The van der Waals surface area contributed by atoms with Crippen molar-refractivity contribution >= 4 is 5.91 Å². The molecular weight excluding hydrogens is 235 g/mol. The fourth-order valence-corrected chi connectivity index (χ4v) is 1.97. The van der Waals surface area contributed by atoms with Crippen LogP contribution in [-0.2, 0) is 0 Å². The molecule has 2 aliphatic heterocycles. The van der Waals surface area contributed by atoms with Crippen LogP contribution in [0.4, 0.5) is 4.39 Å². The number of amides is 1. The van der Waals surface area contributed by atoms with E-state index >= 15 is 0 Å². The quantitative estimate of drug-likeness (QED) is 0.641. The fraction of sp³-hybridized carbons (Fsp3) is 0. The molecule has 1 aromatic rings. The van der Waals surface area contributed by atoms with Crippen LogP contribution in [0.25, 0.3) is 22.5 Å². The summed E-state index contributed by atoms with van der Waals surface area (Å²) < 4.78 is 13.2. The number of carbonyl (C=O) groups excluding carboxylic acids is 1. The first-order valence-corrected chi connectivity index (χ1v) is 5.26. The predicted molar refractivity (Wildman–Crippen MR) is 63.5 cm³/mol. The normalized spacial score (nSPS) is 10.9. The van der Waals surface area contributed by atoms with E-state index in [0.717, 1.165) is 17.3 Å². The maximum atomic E-state index is 13.2. The van der Waals surface area contributed by atoms with Gasteiger partial charge in [0.2, 0.25) is 5.91 Å². The Morgan fingerprint density at radius 2 is 2.06 bits per heavy atom. The van der Waals surface area contributed by atoms with E-state index in [-0.39, 0.29) is 5.56 Å². The fourth-order valence-electron chi connectivity index (χ4n) is 1.97. The average Bonchev–Trinajstić information content (AvgIpc) is 2.91. The summed E-state index contributed by atoms with van der Waals surface area (Å²) in [5, 5.41) is 5.84. The van der Waals surface area contributed by atoms with Crippen LogP contribution in [0.15, 0.2) is 30.6 Å². The Labute approximate surface area is 101 Å². The third-order valence-corrected chi connectivity index (χ3v) is 2.81. The summed E-state index contributed by atoms with van der Waals surface area (Å²) in [5.74, 6) is -1.17. The van der Waals surface area contributed by atoms with Crippen molar-refractivity contribution in [1.29, 1.82) is 0 Å². The Bertz CT molecular complexity index is 700. The van der Waals surface area contributed by atoms with E-state index in [1.807, 2.05) is 0 Å². The van der Waals surface area contributed by atoms with Crippen molar-refractivity contribution in [3.8, 4) is 22.5 Å². The Kier molecular flexibility index (Phi) is 2.16. The van der Waals surface area contributed by atoms with E-state index in [1.165, 1.54) is 12.1 Å². The second-order valence-corrected chi connectivity index (χ2v) is 3.91. The lowest BCUT2D eigenvalue weighted by molar-refractivity contribution is 0.100. The second-order valence-electron chi connectivity index (χ2n) is 3.91. The van der Waals surface area contributed by atoms with E-state index in [2.05, 4.69) is 15.2 Å². The van der Waals surface area contributed by atoms with Crippen LogP contribution in [0.3, 0.4) is 0 Å². The number of primary amides is 1. The van der Waals surface area contributed by atoms with Crippen LogP contribution < -0.4 is 5.73 Å². The topological polar surface area (TPSA) is 87.6 Å². The zero-order valence-electron chi connectivity index (χ0n) is 9.20. The molecule has 4 N–H and O–H groups in total. The first-order valence-electron chi connectivity index (χ1n) is 5.26. The van der Waals surface area contributed by atoms with Gasteiger partial charge in [0.15, 0.2) is 0 Å². The van der Waals surface area contributed by atoms with E-state index in [9.17, 15) is 9.18 Å². The number of carbonyl (C=O) groups is 1. The number of nitrogens with one attached hydrogen (secondary N) is 2. The summed E-state index contributed by atoms with van der Waals surface area (Å²) in [4.78, 5) is 15.4. The molecule has 18 heavy (non-hydrogen) atoms. The number of fused-ring (bicyclic) bond motifs is 1. The van der Waals surface area contributed by atoms with Gasteiger partial charge in [0.25, 0.3) is 0 Å². The Hall–Kier alpha value is -2.63. The lowest BCUT2D eigenvalue weighted by Crippen LogP contribution is -2.13. The number of aromatic nitrogens is 3. The van der Waals surface area contributed by atoms with E-state index in [0.29, 0.717) is 11.3 Å². The highest BCUT2D eigenvalue weighted by molar-refractivity contribution is 6.01. The van der Waals surface area contributed by atoms with Gasteiger partial charge in [-0.2, -0.15) is 0 Å². The van der Waals surface area contributed by atoms with Crippen LogP contribution >= 0.6 is 0 Å². The molecule has 6 heteroatoms. The first-order chi connectivity index (χ1) is 8.66. The number of rotatable bonds is 2. The number of aromatic amines is 2. The second kappa shape index (κ2) is 3.69. The summed E-state index contributed by atoms with van der Waals surface area (Å²) in [6.45, 7) is 0. The zero-order chi connectivity index (χ0) is 12.7. The molecule has 90 valence electrons. The minimum absolute atomic E-state index is 0.133. The molecule has 0 unspecified atom stereocenters. The van der Waals surface area contributed by atoms with Crippen molar-refractivity contribution in [3.63, 3.8) is 0 Å². The molecule has 0 fully saturated rings. The first kappa shape index (κ1) is 10.5. The average molecular weight is 244 g/mol. The van der Waals surface area contributed by atoms with E-state index in [1.54, 1.807) is 12.4 Å². The number of halogens is 1. The highest BCUT2D eigenvalue weighted by Gasteiger charge is 2.18. The molecule has 3 rings (SSSR count). The van der Waals surface area contributed by atoms with Crippen LogP contribution in [0.2, 0.25) is 0 Å². The summed E-state index contributed by atoms with van der Waals surface area (Å²) in [5.41, 5.74) is 8.24. The van der Waals surface area contributed by atoms with Crippen LogP contribution in [-0.4, -0.2) is 21.1 Å². The monoisotopic (exact) mass is 244 g/mol. The third kappa shape index (κ3) is 1.46. The van der Waals surface area contributed by atoms with Gasteiger partial charge in [0.1, 0.15) is 5.82 Å². The summed E-state index contributed by atoms with van der Waals surface area (Å²) >= 11 is 0. The number of nitrogens with two attached hydrogens (primary N) is 1. The minimum atomic E-state index is -0.674. The number of nitrogens with zero attached hydrogens (tertiary/aromatic N) is 1. The number of benzene rings is 1. The highest BCUT2D eigenvalue weighted by atomic mass is 19.1. The van der Waals surface area contributed by atoms with Crippen molar-refractivity contribution in [2.24, 2.45) is 5.73 Å². The van der Waals surface area contributed by atoms with Crippen molar-refractivity contribution in [2.45, 2.75) is 0 Å². The number of hydrogen-bond acceptors (Lipinski definition) is 2. The molecule has 1 aromatic carbocycles. The van der Waals surface area contributed by atoms with Crippen LogP contribution in [0, 0.1) is 5.82 Å². The highest BCUT2D eigenvalue weighted by Crippen LogP contribution is 2.32. The van der Waals surface area contributed by atoms with Crippen LogP contribution in [0.1, 0.15) is 10.4 Å². The molecular formula is C12H9FN4O. The standard InChI is InChI=1S/C12H9FN4O/c13-6-1-2-7(8(3-6)12(14)18)11-9-4-15-5-10(9)16-17-11/h1-5,16-17H,(H2,14,18). The van der Waals surface area contributed by atoms with Crippen molar-refractivity contribution in [3.05, 3.63) is 42.0 Å². The summed E-state index contributed by atoms with van der Waals surface area (Å²) in [7, 11) is 0. The van der Waals surface area contributed by atoms with Gasteiger partial charge in [-0.1, -0.05) is 0 Å². The van der Waals surface area contributed by atoms with Gasteiger partial charge in [-0.15, -0.1) is 0 Å². The Morgan fingerprint density at radius 3 is 2.83 bits per heavy atom. The maximum Gasteiger partial charge on any atom is 0.249 e. The molecule has 2 aliphatic rings. The smallest absolute Gasteiger partial charge is 0.249 e. The Morgan fingerprint density at radius 1 is 1.22 bits per heavy atom. The third-order valence-electron chi connectivity index (χ3n) is 2.81. The van der Waals surface area contributed by atoms with E-state index < -0.39 is 11.7 Å². The van der Waals surface area contributed by atoms with Gasteiger partial charge in [-0.25, -0.2) is 4.39 Å². The van der Waals surface area contributed by atoms with E-state index in [4.69, 9.17) is 5.73 Å². The molecule has 0 saturated heterocycles. The zero-order valence-corrected chi connectivity index (χ0v) is 9.20. The number of hydrogen-bond donors (Lipinski definition) is 3. The molecule has 1 amide bonds. The van der Waals surface area contributed by atoms with Crippen molar-refractivity contribution < 1.29 is 9.18 Å². The molecule has 5 nitrogen and oxygen atoms in total. The van der Waals surface area contributed by atoms with Crippen LogP contribution in [0.5, 0.6) is 0 Å². The molecule has 2 heterocycles. The lowest BCUT2D eigenvalue weighted by Gasteiger charge is -2.05. The summed E-state index contributed by atoms with van der Waals surface area (Å²) in [6.07, 6.45) is 3.31. The molecule has 0 aliphatic carbocycles. The molecule has 0 saturated carbocycles. The number of H-pyrrole nitrogens is 2. The van der Waals surface area contributed by atoms with Gasteiger partial charge < -0.3 is 5.73 Å². The predicted octanol–water partition coefficient (Wildman–Crippen LogP) is 1.75. The SMILES string of the molecule is NC(=O)c1cc(F)ccc1-c1[nH][nH]c2cncc1-2. The maximum absolute atomic E-state index is 13.2. The minimum Gasteiger partial charge on any atom is -0.366 e. The molecule has 0 spiro atoms. The Balaban J connectivity index is 2.24. The molecule has 0 bridgehead atoms. The van der Waals surface area contributed by atoms with Gasteiger partial charge in [0, 0.05) is 17.3 Å². The van der Waals surface area contributed by atoms with Crippen molar-refractivity contribution in [1.82, 2.24) is 15.2 Å². The summed E-state index contributed by atoms with van der Waals surface area (Å²) in [6, 6.07) is 3.92. The van der Waals surface area contributed by atoms with Gasteiger partial charge in [0.05, 0.1) is 23.1 Å². The van der Waals surface area contributed by atoms with Gasteiger partial charge in [-0.05, 0) is 18.2 Å². The lowest BCUT2D eigenvalue weighted by atomic mass is 10.0. The molecule has 0 aromatic heterocycles. The van der Waals surface area contributed by atoms with Gasteiger partial charge in [-0.3, -0.25) is 20.0 Å².